The summed E-state index contributed by atoms with van der Waals surface area (Å²) in [7, 11) is -3.17. The molecule has 17 heavy (non-hydrogen) atoms. The van der Waals surface area contributed by atoms with Gasteiger partial charge < -0.3 is 20.8 Å². The molecule has 0 aromatic heterocycles. The van der Waals surface area contributed by atoms with Gasteiger partial charge in [-0.2, -0.15) is 0 Å². The van der Waals surface area contributed by atoms with Gasteiger partial charge in [0.15, 0.2) is 15.9 Å². The number of aliphatic hydroxyl groups excluding tert-OH is 1. The highest BCUT2D eigenvalue weighted by Crippen LogP contribution is 1.87. The zero-order valence-electron chi connectivity index (χ0n) is 9.34. The molecule has 8 nitrogen and oxygen atoms in total. The van der Waals surface area contributed by atoms with Gasteiger partial charge in [0.05, 0.1) is 12.4 Å². The molecule has 9 heteroatoms. The second kappa shape index (κ2) is 7.07. The van der Waals surface area contributed by atoms with Crippen LogP contribution >= 0.6 is 0 Å². The Hall–Kier alpha value is -1.35. The van der Waals surface area contributed by atoms with Crippen molar-refractivity contribution in [2.45, 2.75) is 13.0 Å². The maximum Gasteiger partial charge on any atom is 0.328 e. The van der Waals surface area contributed by atoms with Crippen LogP contribution in [-0.4, -0.2) is 61.3 Å². The number of carbonyl (C=O) groups is 2. The average molecular weight is 268 g/mol. The molecule has 0 unspecified atom stereocenters. The van der Waals surface area contributed by atoms with E-state index in [0.29, 0.717) is 0 Å². The van der Waals surface area contributed by atoms with Crippen LogP contribution in [0.3, 0.4) is 0 Å². The van der Waals surface area contributed by atoms with E-state index >= 15 is 0 Å². The molecular weight excluding hydrogens is 252 g/mol. The Morgan fingerprint density at radius 3 is 2.35 bits per heavy atom. The highest BCUT2D eigenvalue weighted by molar-refractivity contribution is 7.91. The van der Waals surface area contributed by atoms with E-state index in [9.17, 15) is 18.0 Å². The fraction of sp³-hybridized carbons (Fsp3) is 0.750. The van der Waals surface area contributed by atoms with E-state index in [0.717, 1.165) is 0 Å². The Morgan fingerprint density at radius 2 is 1.94 bits per heavy atom. The van der Waals surface area contributed by atoms with Gasteiger partial charge in [-0.3, -0.25) is 0 Å². The highest BCUT2D eigenvalue weighted by atomic mass is 32.2. The first-order valence-electron chi connectivity index (χ1n) is 4.91. The maximum absolute atomic E-state index is 11.1. The first-order valence-corrected chi connectivity index (χ1v) is 6.73. The minimum atomic E-state index is -3.17. The quantitative estimate of drug-likeness (QED) is 0.429. The van der Waals surface area contributed by atoms with Gasteiger partial charge in [-0.05, 0) is 0 Å². The van der Waals surface area contributed by atoms with Crippen LogP contribution < -0.4 is 10.6 Å². The van der Waals surface area contributed by atoms with Crippen LogP contribution in [0.2, 0.25) is 0 Å². The Balaban J connectivity index is 4.00. The van der Waals surface area contributed by atoms with Gasteiger partial charge in [-0.25, -0.2) is 18.0 Å². The smallest absolute Gasteiger partial charge is 0.328 e. The number of rotatable bonds is 7. The molecule has 0 spiro atoms. The SMILES string of the molecule is CCS(=O)(=O)CCNC(=O)N[C@@H](CO)C(=O)O. The number of aliphatic hydroxyl groups is 1. The van der Waals surface area contributed by atoms with E-state index in [1.807, 2.05) is 5.32 Å². The molecule has 0 bridgehead atoms. The minimum absolute atomic E-state index is 0.0231. The first kappa shape index (κ1) is 15.7. The summed E-state index contributed by atoms with van der Waals surface area (Å²) in [6.07, 6.45) is 0. The summed E-state index contributed by atoms with van der Waals surface area (Å²) in [5, 5.41) is 21.3. The Kier molecular flexibility index (Phi) is 6.51. The first-order chi connectivity index (χ1) is 7.82. The lowest BCUT2D eigenvalue weighted by molar-refractivity contribution is -0.140. The van der Waals surface area contributed by atoms with Gasteiger partial charge in [0.25, 0.3) is 0 Å². The van der Waals surface area contributed by atoms with Crippen molar-refractivity contribution in [1.29, 1.82) is 0 Å². The number of nitrogens with one attached hydrogen (secondary N) is 2. The van der Waals surface area contributed by atoms with E-state index in [1.54, 1.807) is 0 Å². The lowest BCUT2D eigenvalue weighted by Crippen LogP contribution is -2.48. The van der Waals surface area contributed by atoms with Crippen molar-refractivity contribution in [1.82, 2.24) is 10.6 Å². The molecule has 0 radical (unpaired) electrons. The summed E-state index contributed by atoms with van der Waals surface area (Å²) in [6, 6.07) is -2.24. The van der Waals surface area contributed by atoms with Crippen LogP contribution in [-0.2, 0) is 14.6 Å². The molecule has 0 heterocycles. The second-order valence-electron chi connectivity index (χ2n) is 3.21. The molecule has 0 aliphatic heterocycles. The number of amides is 2. The van der Waals surface area contributed by atoms with Gasteiger partial charge >= 0.3 is 12.0 Å². The Bertz CT molecular complexity index is 366. The molecule has 0 fully saturated rings. The zero-order valence-corrected chi connectivity index (χ0v) is 10.2. The normalized spacial score (nSPS) is 12.8. The maximum atomic E-state index is 11.1. The molecule has 2 amide bonds. The predicted molar refractivity (Wildman–Crippen MR) is 59.4 cm³/mol. The molecule has 4 N–H and O–H groups in total. The summed E-state index contributed by atoms with van der Waals surface area (Å²) >= 11 is 0. The van der Waals surface area contributed by atoms with Crippen LogP contribution in [0.25, 0.3) is 0 Å². The van der Waals surface area contributed by atoms with E-state index in [-0.39, 0.29) is 18.1 Å². The van der Waals surface area contributed by atoms with Gasteiger partial charge in [0, 0.05) is 12.3 Å². The van der Waals surface area contributed by atoms with Gasteiger partial charge in [0.1, 0.15) is 0 Å². The lowest BCUT2D eigenvalue weighted by Gasteiger charge is -2.12. The Labute approximate surface area is 98.9 Å². The third-order valence-electron chi connectivity index (χ3n) is 1.92. The number of hydrogen-bond acceptors (Lipinski definition) is 5. The molecular formula is C8H16N2O6S. The summed E-state index contributed by atoms with van der Waals surface area (Å²) in [5.41, 5.74) is 0. The summed E-state index contributed by atoms with van der Waals surface area (Å²) in [6.45, 7) is 0.636. The van der Waals surface area contributed by atoms with E-state index in [2.05, 4.69) is 5.32 Å². The third kappa shape index (κ3) is 6.74. The molecule has 0 saturated heterocycles. The van der Waals surface area contributed by atoms with Crippen molar-refractivity contribution in [3.05, 3.63) is 0 Å². The molecule has 0 aliphatic rings. The lowest BCUT2D eigenvalue weighted by atomic mass is 10.3. The van der Waals surface area contributed by atoms with Crippen molar-refractivity contribution in [2.24, 2.45) is 0 Å². The zero-order chi connectivity index (χ0) is 13.5. The van der Waals surface area contributed by atoms with Gasteiger partial charge in [0.2, 0.25) is 0 Å². The average Bonchev–Trinajstić information content (AvgIpc) is 2.25. The molecule has 0 saturated carbocycles. The monoisotopic (exact) mass is 268 g/mol. The van der Waals surface area contributed by atoms with Gasteiger partial charge in [-0.1, -0.05) is 6.92 Å². The fourth-order valence-electron chi connectivity index (χ4n) is 0.859. The van der Waals surface area contributed by atoms with Crippen LogP contribution in [0.1, 0.15) is 6.92 Å². The minimum Gasteiger partial charge on any atom is -0.480 e. The molecule has 100 valence electrons. The number of hydrogen-bond donors (Lipinski definition) is 4. The third-order valence-corrected chi connectivity index (χ3v) is 3.63. The Morgan fingerprint density at radius 1 is 1.35 bits per heavy atom. The van der Waals surface area contributed by atoms with Crippen molar-refractivity contribution >= 4 is 21.8 Å². The fourth-order valence-corrected chi connectivity index (χ4v) is 1.56. The van der Waals surface area contributed by atoms with Crippen molar-refractivity contribution < 1.29 is 28.2 Å². The number of urea groups is 1. The van der Waals surface area contributed by atoms with Crippen LogP contribution in [0.5, 0.6) is 0 Å². The van der Waals surface area contributed by atoms with Crippen molar-refractivity contribution in [3.63, 3.8) is 0 Å². The van der Waals surface area contributed by atoms with Gasteiger partial charge in [-0.15, -0.1) is 0 Å². The van der Waals surface area contributed by atoms with Crippen LogP contribution in [0, 0.1) is 0 Å². The van der Waals surface area contributed by atoms with E-state index in [1.165, 1.54) is 6.92 Å². The number of aliphatic carboxylic acids is 1. The van der Waals surface area contributed by atoms with Crippen LogP contribution in [0.15, 0.2) is 0 Å². The highest BCUT2D eigenvalue weighted by Gasteiger charge is 2.18. The molecule has 0 aromatic rings. The summed E-state index contributed by atoms with van der Waals surface area (Å²) < 4.78 is 22.1. The molecule has 0 rings (SSSR count). The topological polar surface area (TPSA) is 133 Å². The van der Waals surface area contributed by atoms with Crippen molar-refractivity contribution in [2.75, 3.05) is 24.7 Å². The molecule has 1 atom stereocenters. The number of carboxylic acid groups (broad SMARTS) is 1. The second-order valence-corrected chi connectivity index (χ2v) is 5.68. The largest absolute Gasteiger partial charge is 0.480 e. The van der Waals surface area contributed by atoms with E-state index in [4.69, 9.17) is 10.2 Å². The van der Waals surface area contributed by atoms with Crippen LogP contribution in [0.4, 0.5) is 4.79 Å². The number of sulfone groups is 1. The number of carbonyl (C=O) groups excluding carboxylic acids is 1. The molecule has 0 aromatic carbocycles. The standard InChI is InChI=1S/C8H16N2O6S/c1-2-17(15,16)4-3-9-8(14)10-6(5-11)7(12)13/h6,11H,2-5H2,1H3,(H,12,13)(H2,9,10,14)/t6-/m0/s1. The summed E-state index contributed by atoms with van der Waals surface area (Å²) in [5.74, 6) is -1.61. The van der Waals surface area contributed by atoms with E-state index < -0.39 is 34.5 Å². The molecule has 0 aliphatic carbocycles. The van der Waals surface area contributed by atoms with Crippen molar-refractivity contribution in [3.8, 4) is 0 Å². The predicted octanol–water partition coefficient (Wildman–Crippen LogP) is -1.83. The summed E-state index contributed by atoms with van der Waals surface area (Å²) in [4.78, 5) is 21.5. The number of carboxylic acids is 1.